The van der Waals surface area contributed by atoms with Crippen LogP contribution >= 0.6 is 0 Å². The third kappa shape index (κ3) is 4.71. The van der Waals surface area contributed by atoms with Gasteiger partial charge in [0.15, 0.2) is 0 Å². The molecule has 4 heteroatoms. The van der Waals surface area contributed by atoms with E-state index in [2.05, 4.69) is 0 Å². The summed E-state index contributed by atoms with van der Waals surface area (Å²) in [5, 5.41) is 12.1. The molecule has 1 atom stereocenters. The molecule has 0 unspecified atom stereocenters. The average molecular weight is 346 g/mol. The van der Waals surface area contributed by atoms with Gasteiger partial charge in [-0.1, -0.05) is 66.7 Å². The van der Waals surface area contributed by atoms with E-state index in [1.165, 1.54) is 0 Å². The second kappa shape index (κ2) is 8.32. The SMILES string of the molecule is Nc1ccc(-c2ccc(C[C@@H]([O-])C(=O)OCc3ccccc3)cc2)cc1. The van der Waals surface area contributed by atoms with Crippen LogP contribution in [-0.2, 0) is 22.6 Å². The lowest BCUT2D eigenvalue weighted by molar-refractivity contribution is -0.408. The van der Waals surface area contributed by atoms with E-state index >= 15 is 0 Å². The van der Waals surface area contributed by atoms with Gasteiger partial charge in [0, 0.05) is 5.69 Å². The molecule has 0 aliphatic carbocycles. The molecule has 0 radical (unpaired) electrons. The third-order valence-corrected chi connectivity index (χ3v) is 4.11. The molecule has 0 bridgehead atoms. The molecule has 0 aliphatic rings. The van der Waals surface area contributed by atoms with Crippen LogP contribution in [0.5, 0.6) is 0 Å². The van der Waals surface area contributed by atoms with Crippen LogP contribution in [-0.4, -0.2) is 12.1 Å². The van der Waals surface area contributed by atoms with E-state index < -0.39 is 12.1 Å². The summed E-state index contributed by atoms with van der Waals surface area (Å²) in [5.74, 6) is -0.725. The maximum absolute atomic E-state index is 12.1. The highest BCUT2D eigenvalue weighted by Gasteiger charge is 2.09. The first-order chi connectivity index (χ1) is 12.6. The lowest BCUT2D eigenvalue weighted by Crippen LogP contribution is -2.37. The largest absolute Gasteiger partial charge is 0.844 e. The maximum atomic E-state index is 12.1. The lowest BCUT2D eigenvalue weighted by atomic mass is 10.0. The molecule has 0 amide bonds. The van der Waals surface area contributed by atoms with Gasteiger partial charge in [0.25, 0.3) is 5.97 Å². The summed E-state index contributed by atoms with van der Waals surface area (Å²) in [7, 11) is 0. The number of ether oxygens (including phenoxy) is 1. The Balaban J connectivity index is 1.56. The molecule has 0 spiro atoms. The number of anilines is 1. The molecular formula is C22H20NO3-. The molecule has 0 saturated heterocycles. The number of nitrogen functional groups attached to an aromatic ring is 1. The minimum Gasteiger partial charge on any atom is -0.844 e. The van der Waals surface area contributed by atoms with Crippen LogP contribution in [0.15, 0.2) is 78.9 Å². The Morgan fingerprint density at radius 1 is 0.846 bits per heavy atom. The van der Waals surface area contributed by atoms with Crippen LogP contribution in [0.3, 0.4) is 0 Å². The van der Waals surface area contributed by atoms with Gasteiger partial charge in [0.05, 0.1) is 0 Å². The molecule has 0 aliphatic heterocycles. The molecule has 0 saturated carbocycles. The number of carbonyl (C=O) groups excluding carboxylic acids is 1. The van der Waals surface area contributed by atoms with Crippen molar-refractivity contribution < 1.29 is 14.6 Å². The van der Waals surface area contributed by atoms with Gasteiger partial charge in [-0.15, -0.1) is 0 Å². The fourth-order valence-electron chi connectivity index (χ4n) is 2.63. The average Bonchev–Trinajstić information content (AvgIpc) is 2.68. The summed E-state index contributed by atoms with van der Waals surface area (Å²) in [6.45, 7) is 0.120. The normalized spacial score (nSPS) is 11.7. The van der Waals surface area contributed by atoms with E-state index in [4.69, 9.17) is 10.5 Å². The van der Waals surface area contributed by atoms with Crippen LogP contribution in [0, 0.1) is 0 Å². The van der Waals surface area contributed by atoms with Crippen molar-refractivity contribution in [2.75, 3.05) is 5.73 Å². The first-order valence-corrected chi connectivity index (χ1v) is 8.43. The van der Waals surface area contributed by atoms with Crippen molar-refractivity contribution in [3.63, 3.8) is 0 Å². The molecule has 3 rings (SSSR count). The maximum Gasteiger partial charge on any atom is 0.292 e. The molecule has 4 nitrogen and oxygen atoms in total. The Bertz CT molecular complexity index is 843. The Hall–Kier alpha value is -3.11. The molecular weight excluding hydrogens is 326 g/mol. The van der Waals surface area contributed by atoms with E-state index in [1.54, 1.807) is 0 Å². The molecule has 0 aromatic heterocycles. The van der Waals surface area contributed by atoms with Crippen LogP contribution in [0.1, 0.15) is 11.1 Å². The van der Waals surface area contributed by atoms with Crippen LogP contribution < -0.4 is 10.8 Å². The van der Waals surface area contributed by atoms with Gasteiger partial charge in [-0.2, -0.15) is 0 Å². The second-order valence-corrected chi connectivity index (χ2v) is 6.11. The van der Waals surface area contributed by atoms with Crippen molar-refractivity contribution in [2.45, 2.75) is 19.1 Å². The van der Waals surface area contributed by atoms with E-state index in [-0.39, 0.29) is 13.0 Å². The Morgan fingerprint density at radius 2 is 1.42 bits per heavy atom. The monoisotopic (exact) mass is 346 g/mol. The summed E-state index contributed by atoms with van der Waals surface area (Å²) in [5.41, 5.74) is 10.2. The van der Waals surface area contributed by atoms with Gasteiger partial charge in [0.1, 0.15) is 6.61 Å². The fourth-order valence-corrected chi connectivity index (χ4v) is 2.63. The summed E-state index contributed by atoms with van der Waals surface area (Å²) >= 11 is 0. The highest BCUT2D eigenvalue weighted by atomic mass is 16.5. The summed E-state index contributed by atoms with van der Waals surface area (Å²) < 4.78 is 5.10. The minimum absolute atomic E-state index is 0.107. The number of hydrogen-bond acceptors (Lipinski definition) is 4. The molecule has 132 valence electrons. The van der Waals surface area contributed by atoms with Crippen molar-refractivity contribution >= 4 is 11.7 Å². The van der Waals surface area contributed by atoms with E-state index in [9.17, 15) is 9.90 Å². The Morgan fingerprint density at radius 3 is 2.04 bits per heavy atom. The second-order valence-electron chi connectivity index (χ2n) is 6.11. The predicted octanol–water partition coefficient (Wildman–Crippen LogP) is 2.95. The molecule has 2 N–H and O–H groups in total. The van der Waals surface area contributed by atoms with Crippen molar-refractivity contribution in [3.05, 3.63) is 90.0 Å². The summed E-state index contributed by atoms with van der Waals surface area (Å²) in [6, 6.07) is 24.5. The zero-order valence-corrected chi connectivity index (χ0v) is 14.3. The molecule has 3 aromatic rings. The highest BCUT2D eigenvalue weighted by molar-refractivity contribution is 5.74. The summed E-state index contributed by atoms with van der Waals surface area (Å²) in [4.78, 5) is 11.9. The van der Waals surface area contributed by atoms with Crippen molar-refractivity contribution in [1.29, 1.82) is 0 Å². The molecule has 0 heterocycles. The van der Waals surface area contributed by atoms with Gasteiger partial charge < -0.3 is 15.6 Å². The topological polar surface area (TPSA) is 75.4 Å². The standard InChI is InChI=1S/C22H20NO3/c23-20-12-10-19(11-13-20)18-8-6-16(7-9-18)14-21(24)22(25)26-15-17-4-2-1-3-5-17/h1-13,21H,14-15,23H2/q-1/t21-/m1/s1. The van der Waals surface area contributed by atoms with Gasteiger partial charge >= 0.3 is 0 Å². The minimum atomic E-state index is -1.43. The lowest BCUT2D eigenvalue weighted by Gasteiger charge is -2.20. The Kier molecular flexibility index (Phi) is 5.66. The van der Waals surface area contributed by atoms with Crippen molar-refractivity contribution in [2.24, 2.45) is 0 Å². The van der Waals surface area contributed by atoms with Gasteiger partial charge in [-0.3, -0.25) is 4.79 Å². The molecule has 0 fully saturated rings. The number of esters is 1. The summed E-state index contributed by atoms with van der Waals surface area (Å²) in [6.07, 6.45) is -1.32. The zero-order valence-electron chi connectivity index (χ0n) is 14.3. The smallest absolute Gasteiger partial charge is 0.292 e. The number of nitrogens with two attached hydrogens (primary N) is 1. The fraction of sp³-hybridized carbons (Fsp3) is 0.136. The number of carbonyl (C=O) groups is 1. The third-order valence-electron chi connectivity index (χ3n) is 4.11. The molecule has 3 aromatic carbocycles. The highest BCUT2D eigenvalue weighted by Crippen LogP contribution is 2.21. The van der Waals surface area contributed by atoms with Gasteiger partial charge in [-0.05, 0) is 46.9 Å². The van der Waals surface area contributed by atoms with E-state index in [1.807, 2.05) is 78.9 Å². The quantitative estimate of drug-likeness (QED) is 0.550. The number of benzene rings is 3. The van der Waals surface area contributed by atoms with Crippen molar-refractivity contribution in [1.82, 2.24) is 0 Å². The van der Waals surface area contributed by atoms with Crippen molar-refractivity contribution in [3.8, 4) is 11.1 Å². The van der Waals surface area contributed by atoms with Crippen LogP contribution in [0.2, 0.25) is 0 Å². The predicted molar refractivity (Wildman–Crippen MR) is 100 cm³/mol. The van der Waals surface area contributed by atoms with Gasteiger partial charge in [0.2, 0.25) is 0 Å². The Labute approximate surface area is 152 Å². The van der Waals surface area contributed by atoms with E-state index in [0.717, 1.165) is 22.3 Å². The number of rotatable bonds is 6. The first-order valence-electron chi connectivity index (χ1n) is 8.43. The number of hydrogen-bond donors (Lipinski definition) is 1. The van der Waals surface area contributed by atoms with Gasteiger partial charge in [-0.25, -0.2) is 0 Å². The first kappa shape index (κ1) is 17.7. The van der Waals surface area contributed by atoms with Crippen LogP contribution in [0.25, 0.3) is 11.1 Å². The van der Waals surface area contributed by atoms with Crippen LogP contribution in [0.4, 0.5) is 5.69 Å². The molecule has 26 heavy (non-hydrogen) atoms. The zero-order chi connectivity index (χ0) is 18.4. The van der Waals surface area contributed by atoms with E-state index in [0.29, 0.717) is 5.69 Å².